The van der Waals surface area contributed by atoms with Crippen LogP contribution in [-0.4, -0.2) is 16.1 Å². The molecule has 0 aliphatic carbocycles. The minimum Gasteiger partial charge on any atom is -0.269 e. The van der Waals surface area contributed by atoms with E-state index in [0.29, 0.717) is 10.8 Å². The van der Waals surface area contributed by atoms with E-state index >= 15 is 0 Å². The van der Waals surface area contributed by atoms with Crippen molar-refractivity contribution >= 4 is 16.7 Å². The van der Waals surface area contributed by atoms with Crippen LogP contribution in [-0.2, 0) is 11.4 Å². The lowest BCUT2D eigenvalue weighted by Gasteiger charge is -2.07. The Hall–Kier alpha value is -2.99. The van der Waals surface area contributed by atoms with Crippen molar-refractivity contribution in [3.05, 3.63) is 76.2 Å². The molecule has 1 aromatic heterocycles. The molecule has 3 rings (SSSR count). The summed E-state index contributed by atoms with van der Waals surface area (Å²) < 4.78 is 0. The number of aromatic nitrogens is 2. The summed E-state index contributed by atoms with van der Waals surface area (Å²) in [5.74, 6) is -0.511. The van der Waals surface area contributed by atoms with Gasteiger partial charge in [0.1, 0.15) is 0 Å². The van der Waals surface area contributed by atoms with Gasteiger partial charge in [0.2, 0.25) is 0 Å². The molecule has 0 unspecified atom stereocenters. The lowest BCUT2D eigenvalue weighted by Crippen LogP contribution is -2.26. The van der Waals surface area contributed by atoms with Crippen LogP contribution in [0.1, 0.15) is 16.1 Å². The second kappa shape index (κ2) is 6.19. The molecule has 6 nitrogen and oxygen atoms in total. The number of nitrogens with zero attached hydrogens (tertiary/aromatic N) is 1. The molecule has 0 spiro atoms. The number of hydrogen-bond donors (Lipinski definition) is 2. The summed E-state index contributed by atoms with van der Waals surface area (Å²) in [5, 5.41) is 7.00. The normalized spacial score (nSPS) is 10.5. The van der Waals surface area contributed by atoms with Crippen molar-refractivity contribution in [1.82, 2.24) is 15.7 Å². The second-order valence-corrected chi connectivity index (χ2v) is 4.65. The van der Waals surface area contributed by atoms with Crippen LogP contribution in [0.2, 0.25) is 0 Å². The second-order valence-electron chi connectivity index (χ2n) is 4.65. The predicted molar refractivity (Wildman–Crippen MR) is 81.1 cm³/mol. The number of carbonyl (C=O) groups excluding carboxylic acids is 1. The van der Waals surface area contributed by atoms with Crippen molar-refractivity contribution in [2.75, 3.05) is 0 Å². The van der Waals surface area contributed by atoms with Gasteiger partial charge in [0.15, 0.2) is 5.69 Å². The van der Waals surface area contributed by atoms with Crippen LogP contribution in [0, 0.1) is 0 Å². The minimum atomic E-state index is -0.511. The molecule has 0 saturated carbocycles. The molecule has 2 aromatic carbocycles. The van der Waals surface area contributed by atoms with E-state index in [-0.39, 0.29) is 17.9 Å². The lowest BCUT2D eigenvalue weighted by molar-refractivity contribution is 0.0230. The van der Waals surface area contributed by atoms with Gasteiger partial charge in [-0.15, -0.1) is 0 Å². The Kier molecular flexibility index (Phi) is 3.93. The molecule has 0 saturated heterocycles. The molecular formula is C16H13N3O3. The van der Waals surface area contributed by atoms with Gasteiger partial charge in [-0.25, -0.2) is 10.6 Å². The number of fused-ring (bicyclic) bond motifs is 1. The average Bonchev–Trinajstić information content (AvgIpc) is 2.56. The van der Waals surface area contributed by atoms with E-state index in [0.717, 1.165) is 5.56 Å². The Labute approximate surface area is 125 Å². The molecule has 1 amide bonds. The topological polar surface area (TPSA) is 84.1 Å². The van der Waals surface area contributed by atoms with Crippen LogP contribution >= 0.6 is 0 Å². The number of carbonyl (C=O) groups is 1. The largest absolute Gasteiger partial charge is 0.295 e. The number of nitrogens with one attached hydrogen (secondary N) is 2. The van der Waals surface area contributed by atoms with Gasteiger partial charge in [-0.1, -0.05) is 48.5 Å². The van der Waals surface area contributed by atoms with Gasteiger partial charge in [-0.2, -0.15) is 5.10 Å². The van der Waals surface area contributed by atoms with E-state index in [1.807, 2.05) is 30.3 Å². The molecule has 0 fully saturated rings. The highest BCUT2D eigenvalue weighted by Gasteiger charge is 2.13. The van der Waals surface area contributed by atoms with Crippen LogP contribution in [0.15, 0.2) is 59.4 Å². The Morgan fingerprint density at radius 2 is 1.73 bits per heavy atom. The van der Waals surface area contributed by atoms with E-state index in [9.17, 15) is 9.59 Å². The molecule has 6 heteroatoms. The van der Waals surface area contributed by atoms with Crippen LogP contribution in [0.4, 0.5) is 0 Å². The summed E-state index contributed by atoms with van der Waals surface area (Å²) in [4.78, 5) is 29.0. The number of H-pyrrole nitrogens is 1. The summed E-state index contributed by atoms with van der Waals surface area (Å²) >= 11 is 0. The smallest absolute Gasteiger partial charge is 0.269 e. The van der Waals surface area contributed by atoms with Crippen molar-refractivity contribution < 1.29 is 9.63 Å². The van der Waals surface area contributed by atoms with Crippen molar-refractivity contribution in [2.45, 2.75) is 6.61 Å². The zero-order valence-corrected chi connectivity index (χ0v) is 11.6. The number of hydrogen-bond acceptors (Lipinski definition) is 4. The summed E-state index contributed by atoms with van der Waals surface area (Å²) in [5.41, 5.74) is 3.05. The SMILES string of the molecule is O=C(NOCc1ccccc1)c1n[nH]c(=O)c2ccccc12. The molecule has 22 heavy (non-hydrogen) atoms. The van der Waals surface area contributed by atoms with Gasteiger partial charge < -0.3 is 0 Å². The predicted octanol–water partition coefficient (Wildman–Crippen LogP) is 1.78. The van der Waals surface area contributed by atoms with Gasteiger partial charge in [0.05, 0.1) is 12.0 Å². The average molecular weight is 295 g/mol. The molecule has 3 aromatic rings. The summed E-state index contributed by atoms with van der Waals surface area (Å²) in [6.45, 7) is 0.244. The lowest BCUT2D eigenvalue weighted by atomic mass is 10.1. The maximum Gasteiger partial charge on any atom is 0.295 e. The molecule has 0 aliphatic rings. The molecule has 0 aliphatic heterocycles. The highest BCUT2D eigenvalue weighted by molar-refractivity contribution is 6.04. The molecule has 0 atom stereocenters. The first-order valence-corrected chi connectivity index (χ1v) is 6.69. The number of amides is 1. The monoisotopic (exact) mass is 295 g/mol. The fraction of sp³-hybridized carbons (Fsp3) is 0.0625. The molecule has 110 valence electrons. The summed E-state index contributed by atoms with van der Waals surface area (Å²) in [7, 11) is 0. The van der Waals surface area contributed by atoms with E-state index in [4.69, 9.17) is 4.84 Å². The van der Waals surface area contributed by atoms with Crippen molar-refractivity contribution in [3.63, 3.8) is 0 Å². The quantitative estimate of drug-likeness (QED) is 0.719. The molecule has 0 bridgehead atoms. The first kappa shape index (κ1) is 14.0. The van der Waals surface area contributed by atoms with Gasteiger partial charge >= 0.3 is 0 Å². The van der Waals surface area contributed by atoms with E-state index in [1.165, 1.54) is 0 Å². The molecular weight excluding hydrogens is 282 g/mol. The maximum atomic E-state index is 12.1. The third-order valence-electron chi connectivity index (χ3n) is 3.16. The van der Waals surface area contributed by atoms with Crippen LogP contribution in [0.5, 0.6) is 0 Å². The fourth-order valence-corrected chi connectivity index (χ4v) is 2.10. The zero-order valence-electron chi connectivity index (χ0n) is 11.6. The van der Waals surface area contributed by atoms with Crippen LogP contribution in [0.25, 0.3) is 10.8 Å². The van der Waals surface area contributed by atoms with Crippen LogP contribution < -0.4 is 11.0 Å². The zero-order chi connectivity index (χ0) is 15.4. The number of aromatic amines is 1. The first-order chi connectivity index (χ1) is 10.8. The molecule has 0 radical (unpaired) electrons. The summed E-state index contributed by atoms with van der Waals surface area (Å²) in [6, 6.07) is 16.2. The van der Waals surface area contributed by atoms with Gasteiger partial charge in [0, 0.05) is 5.39 Å². The maximum absolute atomic E-state index is 12.1. The van der Waals surface area contributed by atoms with Crippen molar-refractivity contribution in [1.29, 1.82) is 0 Å². The van der Waals surface area contributed by atoms with Gasteiger partial charge in [-0.05, 0) is 11.6 Å². The van der Waals surface area contributed by atoms with Crippen molar-refractivity contribution in [2.24, 2.45) is 0 Å². The summed E-state index contributed by atoms with van der Waals surface area (Å²) in [6.07, 6.45) is 0. The van der Waals surface area contributed by atoms with E-state index in [1.54, 1.807) is 24.3 Å². The van der Waals surface area contributed by atoms with E-state index in [2.05, 4.69) is 15.7 Å². The third kappa shape index (κ3) is 2.87. The van der Waals surface area contributed by atoms with Gasteiger partial charge in [-0.3, -0.25) is 14.4 Å². The number of hydroxylamine groups is 1. The Morgan fingerprint density at radius 3 is 2.50 bits per heavy atom. The third-order valence-corrected chi connectivity index (χ3v) is 3.16. The highest BCUT2D eigenvalue weighted by Crippen LogP contribution is 2.12. The number of rotatable bonds is 4. The van der Waals surface area contributed by atoms with Crippen molar-refractivity contribution in [3.8, 4) is 0 Å². The Balaban J connectivity index is 1.76. The van der Waals surface area contributed by atoms with Crippen LogP contribution in [0.3, 0.4) is 0 Å². The Morgan fingerprint density at radius 1 is 1.05 bits per heavy atom. The minimum absolute atomic E-state index is 0.114. The standard InChI is InChI=1S/C16H13N3O3/c20-15-13-9-5-4-8-12(13)14(17-18-15)16(21)19-22-10-11-6-2-1-3-7-11/h1-9H,10H2,(H,18,20)(H,19,21). The Bertz CT molecular complexity index is 859. The number of benzene rings is 2. The highest BCUT2D eigenvalue weighted by atomic mass is 16.6. The van der Waals surface area contributed by atoms with E-state index < -0.39 is 5.91 Å². The fourth-order valence-electron chi connectivity index (χ4n) is 2.10. The first-order valence-electron chi connectivity index (χ1n) is 6.69. The molecule has 1 heterocycles. The molecule has 2 N–H and O–H groups in total. The van der Waals surface area contributed by atoms with Gasteiger partial charge in [0.25, 0.3) is 11.5 Å².